The number of benzene rings is 2. The molecule has 0 heterocycles. The number of carbonyl (C=O) groups excluding carboxylic acids is 1. The van der Waals surface area contributed by atoms with E-state index in [0.29, 0.717) is 11.3 Å². The van der Waals surface area contributed by atoms with Crippen LogP contribution in [0.2, 0.25) is 10.0 Å². The van der Waals surface area contributed by atoms with Crippen LogP contribution in [0.15, 0.2) is 48.5 Å². The van der Waals surface area contributed by atoms with Crippen molar-refractivity contribution in [2.45, 2.75) is 0 Å². The van der Waals surface area contributed by atoms with Gasteiger partial charge in [-0.25, -0.2) is 0 Å². The van der Waals surface area contributed by atoms with Gasteiger partial charge in [-0.05, 0) is 23.8 Å². The van der Waals surface area contributed by atoms with Crippen molar-refractivity contribution in [1.82, 2.24) is 0 Å². The molecule has 23 heavy (non-hydrogen) atoms. The smallest absolute Gasteiger partial charge is 0.323 e. The van der Waals surface area contributed by atoms with Crippen molar-refractivity contribution in [2.24, 2.45) is 0 Å². The van der Waals surface area contributed by atoms with E-state index >= 15 is 0 Å². The maximum absolute atomic E-state index is 12.3. The minimum absolute atomic E-state index is 0.256. The van der Waals surface area contributed by atoms with Gasteiger partial charge < -0.3 is 5.11 Å². The van der Waals surface area contributed by atoms with Gasteiger partial charge in [0.25, 0.3) is 5.91 Å². The van der Waals surface area contributed by atoms with Crippen LogP contribution in [0.4, 0.5) is 5.69 Å². The van der Waals surface area contributed by atoms with E-state index in [-0.39, 0.29) is 10.0 Å². The summed E-state index contributed by atoms with van der Waals surface area (Å²) >= 11 is 11.9. The van der Waals surface area contributed by atoms with E-state index in [4.69, 9.17) is 28.3 Å². The van der Waals surface area contributed by atoms with Crippen LogP contribution < -0.4 is 4.90 Å². The Labute approximate surface area is 143 Å². The summed E-state index contributed by atoms with van der Waals surface area (Å²) in [4.78, 5) is 24.5. The summed E-state index contributed by atoms with van der Waals surface area (Å²) < 4.78 is 0. The number of hydrogen-bond donors (Lipinski definition) is 1. The largest absolute Gasteiger partial charge is 0.480 e. The van der Waals surface area contributed by atoms with Crippen molar-refractivity contribution in [1.29, 1.82) is 0 Å². The Balaban J connectivity index is 2.26. The second-order valence-electron chi connectivity index (χ2n) is 4.55. The third-order valence-electron chi connectivity index (χ3n) is 2.95. The van der Waals surface area contributed by atoms with Crippen LogP contribution in [0.25, 0.3) is 6.08 Å². The number of carboxylic acid groups (broad SMARTS) is 1. The highest BCUT2D eigenvalue weighted by Gasteiger charge is 2.16. The highest BCUT2D eigenvalue weighted by Crippen LogP contribution is 2.26. The molecule has 0 saturated carbocycles. The first-order valence-corrected chi connectivity index (χ1v) is 7.36. The van der Waals surface area contributed by atoms with Crippen molar-refractivity contribution in [3.05, 3.63) is 70.2 Å². The van der Waals surface area contributed by atoms with E-state index < -0.39 is 18.4 Å². The lowest BCUT2D eigenvalue weighted by atomic mass is 10.2. The Morgan fingerprint density at radius 1 is 1.17 bits per heavy atom. The zero-order valence-corrected chi connectivity index (χ0v) is 13.4. The number of hydrogen-bond acceptors (Lipinski definition) is 2. The predicted molar refractivity (Wildman–Crippen MR) is 90.8 cm³/mol. The normalized spacial score (nSPS) is 10.7. The Hall–Kier alpha value is -2.30. The zero-order valence-electron chi connectivity index (χ0n) is 11.9. The molecule has 0 bridgehead atoms. The molecule has 4 nitrogen and oxygen atoms in total. The summed E-state index contributed by atoms with van der Waals surface area (Å²) in [5, 5.41) is 9.54. The van der Waals surface area contributed by atoms with Crippen LogP contribution in [0.1, 0.15) is 5.56 Å². The summed E-state index contributed by atoms with van der Waals surface area (Å²) in [5.74, 6) is -1.58. The third-order valence-corrected chi connectivity index (χ3v) is 3.75. The van der Waals surface area contributed by atoms with Gasteiger partial charge in [-0.2, -0.15) is 0 Å². The van der Waals surface area contributed by atoms with Gasteiger partial charge in [-0.15, -0.1) is 0 Å². The van der Waals surface area contributed by atoms with E-state index in [2.05, 4.69) is 6.07 Å². The number of nitrogens with zero attached hydrogens (tertiary/aromatic N) is 1. The van der Waals surface area contributed by atoms with E-state index in [9.17, 15) is 9.59 Å². The summed E-state index contributed by atoms with van der Waals surface area (Å²) in [6.45, 7) is -0.440. The van der Waals surface area contributed by atoms with Crippen molar-refractivity contribution in [3.8, 4) is 0 Å². The highest BCUT2D eigenvalue weighted by atomic mass is 35.5. The number of anilines is 1. The molecule has 0 saturated heterocycles. The van der Waals surface area contributed by atoms with Gasteiger partial charge in [0.05, 0.1) is 10.0 Å². The Morgan fingerprint density at radius 3 is 2.52 bits per heavy atom. The molecule has 0 aliphatic heterocycles. The number of halogens is 2. The fourth-order valence-corrected chi connectivity index (χ4v) is 2.24. The Kier molecular flexibility index (Phi) is 5.79. The number of amides is 1. The Bertz CT molecular complexity index is 745. The average molecular weight is 349 g/mol. The van der Waals surface area contributed by atoms with Gasteiger partial charge in [-0.1, -0.05) is 53.5 Å². The molecule has 0 aliphatic rings. The van der Waals surface area contributed by atoms with Crippen LogP contribution in [0.3, 0.4) is 0 Å². The highest BCUT2D eigenvalue weighted by molar-refractivity contribution is 6.42. The first-order chi connectivity index (χ1) is 11.0. The molecule has 2 aromatic carbocycles. The van der Waals surface area contributed by atoms with Crippen molar-refractivity contribution < 1.29 is 14.7 Å². The number of carbonyl (C=O) groups is 2. The minimum atomic E-state index is -1.11. The van der Waals surface area contributed by atoms with Crippen LogP contribution in [0, 0.1) is 6.07 Å². The van der Waals surface area contributed by atoms with Crippen molar-refractivity contribution in [2.75, 3.05) is 11.4 Å². The van der Waals surface area contributed by atoms with Crippen LogP contribution >= 0.6 is 23.2 Å². The SMILES string of the molecule is O=C(O)CN(C(=O)/C=C/c1cc[c]c(Cl)c1Cl)c1ccccc1. The van der Waals surface area contributed by atoms with Gasteiger partial charge in [0, 0.05) is 17.8 Å². The number of rotatable bonds is 5. The maximum atomic E-state index is 12.3. The average Bonchev–Trinajstić information content (AvgIpc) is 2.54. The number of para-hydroxylation sites is 1. The Morgan fingerprint density at radius 2 is 1.87 bits per heavy atom. The van der Waals surface area contributed by atoms with Crippen molar-refractivity contribution >= 4 is 46.8 Å². The molecule has 117 valence electrons. The molecule has 0 atom stereocenters. The molecule has 0 unspecified atom stereocenters. The van der Waals surface area contributed by atoms with E-state index in [1.807, 2.05) is 0 Å². The maximum Gasteiger partial charge on any atom is 0.323 e. The second-order valence-corrected chi connectivity index (χ2v) is 5.30. The van der Waals surface area contributed by atoms with Crippen LogP contribution in [-0.2, 0) is 9.59 Å². The lowest BCUT2D eigenvalue weighted by molar-refractivity contribution is -0.136. The number of aliphatic carboxylic acids is 1. The standard InChI is InChI=1S/C17H12Cl2NO3/c18-14-8-4-5-12(17(14)19)9-10-15(21)20(11-16(22)23)13-6-2-1-3-7-13/h1-7,9-10H,11H2,(H,22,23)/b10-9+. The van der Waals surface area contributed by atoms with Gasteiger partial charge >= 0.3 is 5.97 Å². The lowest BCUT2D eigenvalue weighted by Crippen LogP contribution is -2.34. The third kappa shape index (κ3) is 4.58. The van der Waals surface area contributed by atoms with E-state index in [1.54, 1.807) is 42.5 Å². The summed E-state index contributed by atoms with van der Waals surface area (Å²) in [5.41, 5.74) is 1.04. The fourth-order valence-electron chi connectivity index (χ4n) is 1.89. The molecule has 2 aromatic rings. The molecule has 2 rings (SSSR count). The van der Waals surface area contributed by atoms with Crippen molar-refractivity contribution in [3.63, 3.8) is 0 Å². The quantitative estimate of drug-likeness (QED) is 0.833. The molecule has 6 heteroatoms. The molecule has 0 aromatic heterocycles. The van der Waals surface area contributed by atoms with Gasteiger partial charge in [-0.3, -0.25) is 14.5 Å². The lowest BCUT2D eigenvalue weighted by Gasteiger charge is -2.19. The second kappa shape index (κ2) is 7.81. The summed E-state index contributed by atoms with van der Waals surface area (Å²) in [7, 11) is 0. The molecule has 1 amide bonds. The van der Waals surface area contributed by atoms with Crippen LogP contribution in [0.5, 0.6) is 0 Å². The van der Waals surface area contributed by atoms with Gasteiger partial charge in [0.2, 0.25) is 0 Å². The molecule has 0 aliphatic carbocycles. The zero-order chi connectivity index (χ0) is 16.8. The van der Waals surface area contributed by atoms with E-state index in [0.717, 1.165) is 4.90 Å². The molecule has 0 fully saturated rings. The predicted octanol–water partition coefficient (Wildman–Crippen LogP) is 3.92. The summed E-state index contributed by atoms with van der Waals surface area (Å²) in [6, 6.07) is 14.5. The van der Waals surface area contributed by atoms with Crippen LogP contribution in [-0.4, -0.2) is 23.5 Å². The molecular weight excluding hydrogens is 337 g/mol. The summed E-state index contributed by atoms with van der Waals surface area (Å²) in [6.07, 6.45) is 2.75. The minimum Gasteiger partial charge on any atom is -0.480 e. The molecular formula is C17H12Cl2NO3. The molecule has 1 radical (unpaired) electrons. The monoisotopic (exact) mass is 348 g/mol. The van der Waals surface area contributed by atoms with Gasteiger partial charge in [0.1, 0.15) is 6.54 Å². The first-order valence-electron chi connectivity index (χ1n) is 6.61. The molecule has 0 spiro atoms. The fraction of sp³-hybridized carbons (Fsp3) is 0.0588. The van der Waals surface area contributed by atoms with E-state index in [1.165, 1.54) is 12.2 Å². The van der Waals surface area contributed by atoms with Gasteiger partial charge in [0.15, 0.2) is 0 Å². The molecule has 1 N–H and O–H groups in total. The first kappa shape index (κ1) is 17.1. The number of carboxylic acids is 1. The topological polar surface area (TPSA) is 57.6 Å².